The third-order valence-electron chi connectivity index (χ3n) is 10.00. The van der Waals surface area contributed by atoms with Crippen LogP contribution in [0.15, 0.2) is 205 Å². The van der Waals surface area contributed by atoms with E-state index < -0.39 is 0 Å². The molecule has 3 aliphatic rings. The minimum absolute atomic E-state index is 0.569. The first-order valence-corrected chi connectivity index (χ1v) is 18.6. The van der Waals surface area contributed by atoms with E-state index in [0.717, 1.165) is 60.5 Å². The molecule has 0 fully saturated rings. The van der Waals surface area contributed by atoms with Crippen LogP contribution in [0.3, 0.4) is 0 Å². The van der Waals surface area contributed by atoms with Gasteiger partial charge < -0.3 is 14.7 Å². The summed E-state index contributed by atoms with van der Waals surface area (Å²) in [5, 5.41) is 0. The largest absolute Gasteiger partial charge is 0.311 e. The maximum atomic E-state index is 2.38. The Bertz CT molecular complexity index is 2150. The lowest BCUT2D eigenvalue weighted by atomic mass is 10.00. The predicted octanol–water partition coefficient (Wildman–Crippen LogP) is 13.7. The number of anilines is 6. The van der Waals surface area contributed by atoms with Gasteiger partial charge in [0.2, 0.25) is 0 Å². The zero-order valence-corrected chi connectivity index (χ0v) is 29.9. The molecule has 0 N–H and O–H groups in total. The fourth-order valence-corrected chi connectivity index (χ4v) is 7.27. The number of rotatable bonds is 10. The number of para-hydroxylation sites is 2. The van der Waals surface area contributed by atoms with Crippen molar-refractivity contribution in [3.05, 3.63) is 205 Å². The van der Waals surface area contributed by atoms with E-state index in [1.807, 2.05) is 0 Å². The molecule has 1 unspecified atom stereocenters. The maximum Gasteiger partial charge on any atom is 0.0462 e. The number of hydrogen-bond donors (Lipinski definition) is 0. The Labute approximate surface area is 309 Å². The van der Waals surface area contributed by atoms with E-state index in [4.69, 9.17) is 0 Å². The van der Waals surface area contributed by atoms with Crippen molar-refractivity contribution in [2.45, 2.75) is 39.0 Å². The second-order valence-electron chi connectivity index (χ2n) is 13.7. The Morgan fingerprint density at radius 2 is 0.750 bits per heavy atom. The second kappa shape index (κ2) is 15.4. The molecule has 3 aliphatic carbocycles. The van der Waals surface area contributed by atoms with Gasteiger partial charge >= 0.3 is 0 Å². The predicted molar refractivity (Wildman–Crippen MR) is 222 cm³/mol. The summed E-state index contributed by atoms with van der Waals surface area (Å²) < 4.78 is 0. The van der Waals surface area contributed by atoms with Crippen LogP contribution in [0.1, 0.15) is 39.0 Å². The molecule has 3 heteroatoms. The van der Waals surface area contributed by atoms with Crippen LogP contribution in [0.25, 0.3) is 11.1 Å². The third-order valence-corrected chi connectivity index (χ3v) is 10.00. The van der Waals surface area contributed by atoms with Gasteiger partial charge in [-0.15, -0.1) is 0 Å². The fraction of sp³-hybridized carbons (Fsp3) is 0.143. The lowest BCUT2D eigenvalue weighted by molar-refractivity contribution is 0.728. The average Bonchev–Trinajstić information content (AvgIpc) is 3.22. The average molecular weight is 676 g/mol. The van der Waals surface area contributed by atoms with E-state index in [2.05, 4.69) is 210 Å². The van der Waals surface area contributed by atoms with Crippen LogP contribution in [0.2, 0.25) is 0 Å². The molecule has 52 heavy (non-hydrogen) atoms. The van der Waals surface area contributed by atoms with Crippen LogP contribution < -0.4 is 14.7 Å². The minimum atomic E-state index is 0.569. The first-order valence-electron chi connectivity index (χ1n) is 18.6. The monoisotopic (exact) mass is 675 g/mol. The Hall–Kier alpha value is -6.06. The van der Waals surface area contributed by atoms with Crippen molar-refractivity contribution in [3.8, 4) is 11.1 Å². The molecule has 8 rings (SSSR count). The highest BCUT2D eigenvalue weighted by atomic mass is 15.2. The molecule has 5 aromatic carbocycles. The second-order valence-corrected chi connectivity index (χ2v) is 13.7. The Kier molecular flexibility index (Phi) is 9.84. The van der Waals surface area contributed by atoms with E-state index in [1.165, 1.54) is 33.9 Å². The van der Waals surface area contributed by atoms with Crippen LogP contribution in [0, 0.1) is 5.92 Å². The molecule has 1 atom stereocenters. The molecule has 5 aromatic rings. The standard InChI is InChI=1S/C49H45N3/c1-38-22-28-45(29-23-38)51(43-18-10-4-11-19-43)46-30-24-39(25-31-46)40-26-32-47(33-27-40)52(44-20-12-5-13-21-44)49-36-34-48(35-37-49)50(41-14-6-2-7-15-41)42-16-8-3-9-17-42/h2,4,6-8,10-12,14-22,24-38H,3,5,9,13,23H2,1H3. The summed E-state index contributed by atoms with van der Waals surface area (Å²) in [5.74, 6) is 0.569. The van der Waals surface area contributed by atoms with E-state index in [1.54, 1.807) is 0 Å². The molecule has 0 saturated carbocycles. The lowest BCUT2D eigenvalue weighted by Gasteiger charge is -2.30. The summed E-state index contributed by atoms with van der Waals surface area (Å²) in [6.45, 7) is 2.27. The summed E-state index contributed by atoms with van der Waals surface area (Å²) in [4.78, 5) is 7.08. The molecule has 256 valence electrons. The SMILES string of the molecule is CC1C=CC(N(c2ccccc2)c2ccc(-c3ccc(N(C4=CCCC=C4)c4ccc(N(C5=CCCC=C5)c5ccccc5)cc4)cc3)cc2)=CC1. The molecule has 0 aliphatic heterocycles. The fourth-order valence-electron chi connectivity index (χ4n) is 7.27. The molecule has 0 amide bonds. The molecular formula is C49H45N3. The molecule has 3 nitrogen and oxygen atoms in total. The van der Waals surface area contributed by atoms with Gasteiger partial charge in [0.1, 0.15) is 0 Å². The molecule has 0 aromatic heterocycles. The first-order chi connectivity index (χ1) is 25.7. The molecule has 0 heterocycles. The van der Waals surface area contributed by atoms with E-state index in [0.29, 0.717) is 5.92 Å². The first kappa shape index (κ1) is 33.1. The van der Waals surface area contributed by atoms with E-state index in [-0.39, 0.29) is 0 Å². The van der Waals surface area contributed by atoms with E-state index >= 15 is 0 Å². The van der Waals surface area contributed by atoms with Gasteiger partial charge in [0.25, 0.3) is 0 Å². The highest BCUT2D eigenvalue weighted by Gasteiger charge is 2.19. The van der Waals surface area contributed by atoms with Crippen molar-refractivity contribution in [2.24, 2.45) is 5.92 Å². The highest BCUT2D eigenvalue weighted by Crippen LogP contribution is 2.38. The van der Waals surface area contributed by atoms with Crippen molar-refractivity contribution < 1.29 is 0 Å². The zero-order chi connectivity index (χ0) is 35.1. The molecule has 0 spiro atoms. The number of benzene rings is 5. The van der Waals surface area contributed by atoms with Crippen molar-refractivity contribution in [3.63, 3.8) is 0 Å². The van der Waals surface area contributed by atoms with Gasteiger partial charge in [0, 0.05) is 51.2 Å². The summed E-state index contributed by atoms with van der Waals surface area (Å²) >= 11 is 0. The number of nitrogens with zero attached hydrogens (tertiary/aromatic N) is 3. The van der Waals surface area contributed by atoms with Gasteiger partial charge in [0.15, 0.2) is 0 Å². The number of hydrogen-bond acceptors (Lipinski definition) is 3. The van der Waals surface area contributed by atoms with Crippen molar-refractivity contribution >= 4 is 34.1 Å². The van der Waals surface area contributed by atoms with Gasteiger partial charge in [-0.2, -0.15) is 0 Å². The van der Waals surface area contributed by atoms with Crippen molar-refractivity contribution in [1.29, 1.82) is 0 Å². The maximum absolute atomic E-state index is 2.38. The summed E-state index contributed by atoms with van der Waals surface area (Å²) in [5.41, 5.74) is 13.0. The smallest absolute Gasteiger partial charge is 0.0462 e. The normalized spacial score (nSPS) is 16.5. The van der Waals surface area contributed by atoms with Crippen LogP contribution in [0.5, 0.6) is 0 Å². The van der Waals surface area contributed by atoms with E-state index in [9.17, 15) is 0 Å². The quantitative estimate of drug-likeness (QED) is 0.146. The molecule has 0 radical (unpaired) electrons. The van der Waals surface area contributed by atoms with Crippen molar-refractivity contribution in [1.82, 2.24) is 0 Å². The summed E-state index contributed by atoms with van der Waals surface area (Å²) in [7, 11) is 0. The molecular weight excluding hydrogens is 631 g/mol. The zero-order valence-electron chi connectivity index (χ0n) is 29.9. The number of allylic oxidation sites excluding steroid dienone is 9. The third kappa shape index (κ3) is 7.22. The summed E-state index contributed by atoms with van der Waals surface area (Å²) in [6, 6.07) is 48.3. The van der Waals surface area contributed by atoms with Gasteiger partial charge in [0.05, 0.1) is 0 Å². The Balaban J connectivity index is 1.08. The van der Waals surface area contributed by atoms with Crippen LogP contribution >= 0.6 is 0 Å². The lowest BCUT2D eigenvalue weighted by Crippen LogP contribution is -2.18. The highest BCUT2D eigenvalue weighted by molar-refractivity contribution is 5.78. The van der Waals surface area contributed by atoms with Crippen molar-refractivity contribution in [2.75, 3.05) is 14.7 Å². The van der Waals surface area contributed by atoms with Gasteiger partial charge in [-0.25, -0.2) is 0 Å². The minimum Gasteiger partial charge on any atom is -0.311 e. The topological polar surface area (TPSA) is 9.72 Å². The van der Waals surface area contributed by atoms with Gasteiger partial charge in [-0.1, -0.05) is 104 Å². The van der Waals surface area contributed by atoms with Crippen LogP contribution in [-0.4, -0.2) is 0 Å². The molecule has 0 saturated heterocycles. The van der Waals surface area contributed by atoms with Gasteiger partial charge in [-0.3, -0.25) is 0 Å². The Morgan fingerprint density at radius 3 is 1.10 bits per heavy atom. The van der Waals surface area contributed by atoms with Crippen LogP contribution in [0.4, 0.5) is 34.1 Å². The summed E-state index contributed by atoms with van der Waals surface area (Å²) in [6.07, 6.45) is 26.0. The van der Waals surface area contributed by atoms with Crippen LogP contribution in [-0.2, 0) is 0 Å². The molecule has 0 bridgehead atoms. The van der Waals surface area contributed by atoms with Gasteiger partial charge in [-0.05, 0) is 140 Å². The Morgan fingerprint density at radius 1 is 0.385 bits per heavy atom.